The lowest BCUT2D eigenvalue weighted by atomic mass is 9.85. The Morgan fingerprint density at radius 1 is 1.21 bits per heavy atom. The Kier molecular flexibility index (Phi) is 4.64. The number of rotatable bonds is 3. The van der Waals surface area contributed by atoms with Crippen LogP contribution >= 0.6 is 11.6 Å². The second kappa shape index (κ2) is 7.20. The SMILES string of the molecule is C[C@]1(C(F)(F)F)C[C@@H](C(=O)Nc2cnc(-n3nccn3)c(Cl)c2)c2cnc3cc(F)nn3c21. The predicted molar refractivity (Wildman–Crippen MR) is 107 cm³/mol. The van der Waals surface area contributed by atoms with Gasteiger partial charge < -0.3 is 5.32 Å². The van der Waals surface area contributed by atoms with Crippen LogP contribution in [-0.4, -0.2) is 46.7 Å². The third kappa shape index (κ3) is 3.30. The maximum Gasteiger partial charge on any atom is 0.399 e. The molecule has 4 aromatic rings. The zero-order valence-electron chi connectivity index (χ0n) is 16.7. The summed E-state index contributed by atoms with van der Waals surface area (Å²) in [5.74, 6) is -2.70. The molecular weight excluding hydrogens is 468 g/mol. The van der Waals surface area contributed by atoms with E-state index in [4.69, 9.17) is 11.6 Å². The average molecular weight is 481 g/mol. The summed E-state index contributed by atoms with van der Waals surface area (Å²) in [7, 11) is 0. The summed E-state index contributed by atoms with van der Waals surface area (Å²) >= 11 is 6.20. The highest BCUT2D eigenvalue weighted by atomic mass is 35.5. The van der Waals surface area contributed by atoms with Gasteiger partial charge in [-0.2, -0.15) is 27.8 Å². The van der Waals surface area contributed by atoms with Crippen LogP contribution < -0.4 is 5.32 Å². The molecule has 9 nitrogen and oxygen atoms in total. The summed E-state index contributed by atoms with van der Waals surface area (Å²) in [5.41, 5.74) is -2.67. The zero-order chi connectivity index (χ0) is 23.5. The van der Waals surface area contributed by atoms with Gasteiger partial charge in [-0.3, -0.25) is 4.79 Å². The van der Waals surface area contributed by atoms with Gasteiger partial charge in [0.2, 0.25) is 11.9 Å². The van der Waals surface area contributed by atoms with E-state index in [2.05, 4.69) is 30.6 Å². The molecule has 0 saturated carbocycles. The molecule has 5 rings (SSSR count). The van der Waals surface area contributed by atoms with E-state index in [-0.39, 0.29) is 33.4 Å². The van der Waals surface area contributed by atoms with Gasteiger partial charge in [-0.15, -0.1) is 9.90 Å². The first-order chi connectivity index (χ1) is 15.6. The maximum atomic E-state index is 14.1. The van der Waals surface area contributed by atoms with Gasteiger partial charge in [0, 0.05) is 17.8 Å². The van der Waals surface area contributed by atoms with E-state index in [0.29, 0.717) is 0 Å². The minimum absolute atomic E-state index is 0.0133. The largest absolute Gasteiger partial charge is 0.399 e. The van der Waals surface area contributed by atoms with Crippen molar-refractivity contribution in [3.05, 3.63) is 59.1 Å². The molecule has 14 heteroatoms. The number of carbonyl (C=O) groups excluding carboxylic acids is 1. The second-order valence-electron chi connectivity index (χ2n) is 7.72. The highest BCUT2D eigenvalue weighted by Gasteiger charge is 2.60. The number of pyridine rings is 1. The van der Waals surface area contributed by atoms with Crippen LogP contribution in [0.1, 0.15) is 30.5 Å². The molecule has 0 saturated heterocycles. The van der Waals surface area contributed by atoms with Crippen molar-refractivity contribution >= 4 is 28.8 Å². The Balaban J connectivity index is 1.51. The predicted octanol–water partition coefficient (Wildman–Crippen LogP) is 3.44. The molecular formula is C19H13ClF4N8O. The fraction of sp³-hybridized carbons (Fsp3) is 0.263. The van der Waals surface area contributed by atoms with Gasteiger partial charge in [0.15, 0.2) is 11.5 Å². The Bertz CT molecular complexity index is 1390. The number of alkyl halides is 3. The number of nitrogens with one attached hydrogen (secondary N) is 1. The van der Waals surface area contributed by atoms with Gasteiger partial charge in [-0.1, -0.05) is 11.6 Å². The molecule has 1 aliphatic carbocycles. The van der Waals surface area contributed by atoms with Gasteiger partial charge in [-0.25, -0.2) is 14.5 Å². The minimum Gasteiger partial charge on any atom is -0.324 e. The third-order valence-corrected chi connectivity index (χ3v) is 5.91. The van der Waals surface area contributed by atoms with Crippen molar-refractivity contribution in [1.82, 2.24) is 34.6 Å². The molecule has 0 unspecified atom stereocenters. The number of aromatic nitrogens is 7. The molecule has 0 aliphatic heterocycles. The maximum absolute atomic E-state index is 14.1. The molecule has 1 aliphatic rings. The van der Waals surface area contributed by atoms with Crippen LogP contribution in [0.4, 0.5) is 23.2 Å². The highest BCUT2D eigenvalue weighted by Crippen LogP contribution is 2.54. The number of nitrogens with zero attached hydrogens (tertiary/aromatic N) is 7. The van der Waals surface area contributed by atoms with Crippen molar-refractivity contribution in [3.8, 4) is 5.82 Å². The number of halogens is 5. The Hall–Kier alpha value is -3.61. The van der Waals surface area contributed by atoms with E-state index in [1.165, 1.54) is 29.5 Å². The van der Waals surface area contributed by atoms with E-state index in [0.717, 1.165) is 23.7 Å². The molecule has 0 aromatic carbocycles. The third-order valence-electron chi connectivity index (χ3n) is 5.63. The van der Waals surface area contributed by atoms with Gasteiger partial charge >= 0.3 is 6.18 Å². The molecule has 0 spiro atoms. The lowest BCUT2D eigenvalue weighted by Crippen LogP contribution is -2.39. The lowest BCUT2D eigenvalue weighted by molar-refractivity contribution is -0.187. The Morgan fingerprint density at radius 3 is 2.61 bits per heavy atom. The molecule has 2 atom stereocenters. The minimum atomic E-state index is -4.73. The summed E-state index contributed by atoms with van der Waals surface area (Å²) in [5, 5.41) is 14.0. The van der Waals surface area contributed by atoms with Gasteiger partial charge in [-0.05, 0) is 19.4 Å². The van der Waals surface area contributed by atoms with E-state index in [1.807, 2.05) is 0 Å². The fourth-order valence-electron chi connectivity index (χ4n) is 4.03. The molecule has 1 N–H and O–H groups in total. The second-order valence-corrected chi connectivity index (χ2v) is 8.13. The number of amides is 1. The van der Waals surface area contributed by atoms with Crippen molar-refractivity contribution < 1.29 is 22.4 Å². The monoisotopic (exact) mass is 480 g/mol. The molecule has 33 heavy (non-hydrogen) atoms. The summed E-state index contributed by atoms with van der Waals surface area (Å²) in [4.78, 5) is 22.3. The van der Waals surface area contributed by atoms with Gasteiger partial charge in [0.1, 0.15) is 5.41 Å². The summed E-state index contributed by atoms with van der Waals surface area (Å²) in [6.45, 7) is 0.961. The zero-order valence-corrected chi connectivity index (χ0v) is 17.4. The highest BCUT2D eigenvalue weighted by molar-refractivity contribution is 6.32. The van der Waals surface area contributed by atoms with Crippen molar-refractivity contribution in [2.45, 2.75) is 30.9 Å². The summed E-state index contributed by atoms with van der Waals surface area (Å²) < 4.78 is 56.9. The quantitative estimate of drug-likeness (QED) is 0.451. The van der Waals surface area contributed by atoms with Crippen LogP contribution in [0, 0.1) is 5.95 Å². The van der Waals surface area contributed by atoms with Crippen LogP contribution in [0.5, 0.6) is 0 Å². The van der Waals surface area contributed by atoms with E-state index in [9.17, 15) is 22.4 Å². The van der Waals surface area contributed by atoms with Crippen molar-refractivity contribution in [1.29, 1.82) is 0 Å². The van der Waals surface area contributed by atoms with E-state index < -0.39 is 35.8 Å². The normalized spacial score (nSPS) is 20.2. The smallest absolute Gasteiger partial charge is 0.324 e. The number of hydrogen-bond donors (Lipinski definition) is 1. The van der Waals surface area contributed by atoms with Crippen LogP contribution in [0.3, 0.4) is 0 Å². The van der Waals surface area contributed by atoms with Crippen molar-refractivity contribution in [2.75, 3.05) is 5.32 Å². The van der Waals surface area contributed by atoms with Crippen LogP contribution in [-0.2, 0) is 10.2 Å². The van der Waals surface area contributed by atoms with Crippen LogP contribution in [0.25, 0.3) is 11.5 Å². The molecule has 0 bridgehead atoms. The molecule has 0 radical (unpaired) electrons. The molecule has 1 amide bonds. The molecule has 170 valence electrons. The van der Waals surface area contributed by atoms with E-state index >= 15 is 0 Å². The first kappa shape index (κ1) is 21.2. The first-order valence-corrected chi connectivity index (χ1v) is 9.91. The molecule has 4 heterocycles. The van der Waals surface area contributed by atoms with Crippen LogP contribution in [0.15, 0.2) is 36.9 Å². The average Bonchev–Trinajstić information content (AvgIpc) is 3.45. The topological polar surface area (TPSA) is 103 Å². The standard InChI is InChI=1S/C19H13ClF4N8O/c1-18(19(22,23)24)6-10(11-8-25-14-5-13(21)30-31(14)15(11)18)17(33)29-9-4-12(20)16(26-7-9)32-27-2-3-28-32/h2-5,7-8,10H,6H2,1H3,(H,29,33)/t10-,18+/m1/s1. The lowest BCUT2D eigenvalue weighted by Gasteiger charge is -2.28. The van der Waals surface area contributed by atoms with Crippen LogP contribution in [0.2, 0.25) is 5.02 Å². The fourth-order valence-corrected chi connectivity index (χ4v) is 4.27. The number of carbonyl (C=O) groups is 1. The molecule has 0 fully saturated rings. The van der Waals surface area contributed by atoms with E-state index in [1.54, 1.807) is 0 Å². The van der Waals surface area contributed by atoms with Crippen molar-refractivity contribution in [2.24, 2.45) is 0 Å². The Morgan fingerprint density at radius 2 is 1.94 bits per heavy atom. The van der Waals surface area contributed by atoms with Gasteiger partial charge in [0.05, 0.1) is 40.9 Å². The number of fused-ring (bicyclic) bond motifs is 3. The number of hydrogen-bond acceptors (Lipinski definition) is 6. The molecule has 4 aromatic heterocycles. The summed E-state index contributed by atoms with van der Waals surface area (Å²) in [6, 6.07) is 2.31. The van der Waals surface area contributed by atoms with Crippen molar-refractivity contribution in [3.63, 3.8) is 0 Å². The van der Waals surface area contributed by atoms with Gasteiger partial charge in [0.25, 0.3) is 0 Å². The Labute approximate surface area is 187 Å². The summed E-state index contributed by atoms with van der Waals surface area (Å²) in [6.07, 6.45) is -0.0256. The first-order valence-electron chi connectivity index (χ1n) is 9.53. The number of anilines is 1.